The molecule has 2 N–H and O–H groups in total. The zero-order chi connectivity index (χ0) is 17.6. The number of aliphatic hydroxyl groups is 1. The molecule has 1 aromatic heterocycles. The normalized spacial score (nSPS) is 22.7. The van der Waals surface area contributed by atoms with Crippen LogP contribution in [-0.2, 0) is 13.0 Å². The van der Waals surface area contributed by atoms with Gasteiger partial charge in [0.1, 0.15) is 5.82 Å². The molecule has 0 radical (unpaired) electrons. The molecular formula is C19H26N4O2. The van der Waals surface area contributed by atoms with Gasteiger partial charge >= 0.3 is 6.03 Å². The van der Waals surface area contributed by atoms with E-state index in [1.807, 2.05) is 26.0 Å². The van der Waals surface area contributed by atoms with Gasteiger partial charge < -0.3 is 19.9 Å². The van der Waals surface area contributed by atoms with Crippen molar-refractivity contribution in [1.82, 2.24) is 14.5 Å². The molecule has 3 heterocycles. The lowest BCUT2D eigenvalue weighted by molar-refractivity contribution is 0.0957. The zero-order valence-electron chi connectivity index (χ0n) is 15.0. The number of nitrogens with zero attached hydrogens (tertiary/aromatic N) is 3. The lowest BCUT2D eigenvalue weighted by atomic mass is 9.90. The molecule has 0 bridgehead atoms. The van der Waals surface area contributed by atoms with Gasteiger partial charge in [-0.3, -0.25) is 0 Å². The molecule has 2 aliphatic heterocycles. The summed E-state index contributed by atoms with van der Waals surface area (Å²) in [6, 6.07) is 5.78. The van der Waals surface area contributed by atoms with Gasteiger partial charge in [0.15, 0.2) is 0 Å². The van der Waals surface area contributed by atoms with Gasteiger partial charge in [-0.05, 0) is 31.0 Å². The number of fused-ring (bicyclic) bond motifs is 3. The molecule has 6 nitrogen and oxygen atoms in total. The zero-order valence-corrected chi connectivity index (χ0v) is 15.0. The second-order valence-electron chi connectivity index (χ2n) is 8.01. The topological polar surface area (TPSA) is 70.4 Å². The Morgan fingerprint density at radius 3 is 2.92 bits per heavy atom. The van der Waals surface area contributed by atoms with E-state index in [4.69, 9.17) is 4.98 Å². The van der Waals surface area contributed by atoms with Gasteiger partial charge in [0.25, 0.3) is 0 Å². The number of aryl methyl sites for hydroxylation is 2. The second-order valence-corrected chi connectivity index (χ2v) is 8.01. The van der Waals surface area contributed by atoms with Crippen molar-refractivity contribution in [3.8, 4) is 0 Å². The molecule has 1 atom stereocenters. The third-order valence-electron chi connectivity index (χ3n) is 5.54. The van der Waals surface area contributed by atoms with Crippen molar-refractivity contribution in [1.29, 1.82) is 0 Å². The van der Waals surface area contributed by atoms with Crippen LogP contribution in [0.3, 0.4) is 0 Å². The maximum Gasteiger partial charge on any atom is 0.321 e. The maximum absolute atomic E-state index is 12.5. The van der Waals surface area contributed by atoms with Crippen LogP contribution >= 0.6 is 0 Å². The summed E-state index contributed by atoms with van der Waals surface area (Å²) in [5, 5.41) is 13.0. The average molecular weight is 342 g/mol. The summed E-state index contributed by atoms with van der Waals surface area (Å²) in [7, 11) is 0. The van der Waals surface area contributed by atoms with Crippen molar-refractivity contribution >= 4 is 22.8 Å². The van der Waals surface area contributed by atoms with Crippen molar-refractivity contribution in [3.05, 3.63) is 24.0 Å². The molecule has 6 heteroatoms. The first-order valence-corrected chi connectivity index (χ1v) is 9.17. The van der Waals surface area contributed by atoms with Crippen LogP contribution in [0.2, 0.25) is 0 Å². The molecule has 2 aliphatic rings. The van der Waals surface area contributed by atoms with Crippen LogP contribution in [0.15, 0.2) is 18.2 Å². The van der Waals surface area contributed by atoms with E-state index in [9.17, 15) is 9.90 Å². The minimum absolute atomic E-state index is 0.162. The van der Waals surface area contributed by atoms with E-state index in [0.717, 1.165) is 35.5 Å². The van der Waals surface area contributed by atoms with Gasteiger partial charge in [-0.1, -0.05) is 20.3 Å². The first kappa shape index (κ1) is 16.4. The van der Waals surface area contributed by atoms with Crippen molar-refractivity contribution < 1.29 is 9.90 Å². The monoisotopic (exact) mass is 342 g/mol. The van der Waals surface area contributed by atoms with Crippen molar-refractivity contribution in [2.75, 3.05) is 18.4 Å². The predicted molar refractivity (Wildman–Crippen MR) is 97.7 cm³/mol. The highest BCUT2D eigenvalue weighted by Gasteiger charge is 2.40. The molecule has 2 amide bonds. The average Bonchev–Trinajstić information content (AvgIpc) is 2.92. The fourth-order valence-corrected chi connectivity index (χ4v) is 3.90. The van der Waals surface area contributed by atoms with Crippen LogP contribution in [0.5, 0.6) is 0 Å². The number of anilines is 1. The Kier molecular flexibility index (Phi) is 3.95. The molecule has 1 aromatic carbocycles. The number of amides is 2. The summed E-state index contributed by atoms with van der Waals surface area (Å²) in [5.74, 6) is 1.15. The number of carbonyl (C=O) groups excluding carboxylic acids is 1. The largest absolute Gasteiger partial charge is 0.391 e. The molecule has 25 heavy (non-hydrogen) atoms. The Balaban J connectivity index is 1.53. The van der Waals surface area contributed by atoms with Crippen LogP contribution < -0.4 is 5.32 Å². The summed E-state index contributed by atoms with van der Waals surface area (Å²) in [4.78, 5) is 19.0. The summed E-state index contributed by atoms with van der Waals surface area (Å²) in [6.45, 7) is 5.92. The van der Waals surface area contributed by atoms with Crippen LogP contribution in [0.1, 0.15) is 38.9 Å². The summed E-state index contributed by atoms with van der Waals surface area (Å²) < 4.78 is 2.31. The van der Waals surface area contributed by atoms with Gasteiger partial charge in [-0.25, -0.2) is 9.78 Å². The predicted octanol–water partition coefficient (Wildman–Crippen LogP) is 3.00. The number of hydrogen-bond acceptors (Lipinski definition) is 3. The second kappa shape index (κ2) is 6.02. The van der Waals surface area contributed by atoms with E-state index < -0.39 is 6.10 Å². The first-order valence-electron chi connectivity index (χ1n) is 9.17. The number of aromatic nitrogens is 2. The highest BCUT2D eigenvalue weighted by molar-refractivity contribution is 5.92. The Hall–Kier alpha value is -2.08. The minimum atomic E-state index is -0.482. The van der Waals surface area contributed by atoms with E-state index >= 15 is 0 Å². The standard InChI is InChI=1S/C19H26N4O2/c1-19(2)12-22(11-16(19)24)18(25)20-13-7-8-15-14(10-13)21-17-6-4-3-5-9-23(15)17/h7-8,10,16,24H,3-6,9,11-12H2,1-2H3,(H,20,25). The van der Waals surface area contributed by atoms with Crippen molar-refractivity contribution in [2.45, 2.75) is 52.2 Å². The van der Waals surface area contributed by atoms with Crippen LogP contribution in [0, 0.1) is 5.41 Å². The van der Waals surface area contributed by atoms with E-state index in [2.05, 4.69) is 16.0 Å². The van der Waals surface area contributed by atoms with E-state index in [1.165, 1.54) is 19.3 Å². The maximum atomic E-state index is 12.5. The number of nitrogens with one attached hydrogen (secondary N) is 1. The van der Waals surface area contributed by atoms with E-state index in [1.54, 1.807) is 4.90 Å². The molecule has 1 fully saturated rings. The van der Waals surface area contributed by atoms with Crippen LogP contribution in [0.4, 0.5) is 10.5 Å². The molecular weight excluding hydrogens is 316 g/mol. The number of imidazole rings is 1. The fourth-order valence-electron chi connectivity index (χ4n) is 3.90. The number of hydrogen-bond donors (Lipinski definition) is 2. The first-order chi connectivity index (χ1) is 11.9. The van der Waals surface area contributed by atoms with E-state index in [-0.39, 0.29) is 11.4 Å². The Morgan fingerprint density at radius 2 is 2.16 bits per heavy atom. The number of aliphatic hydroxyl groups excluding tert-OH is 1. The molecule has 4 rings (SSSR count). The summed E-state index contributed by atoms with van der Waals surface area (Å²) in [6.07, 6.45) is 4.20. The minimum Gasteiger partial charge on any atom is -0.391 e. The summed E-state index contributed by atoms with van der Waals surface area (Å²) in [5.41, 5.74) is 2.58. The quantitative estimate of drug-likeness (QED) is 0.837. The molecule has 1 unspecified atom stereocenters. The van der Waals surface area contributed by atoms with Crippen LogP contribution in [0.25, 0.3) is 11.0 Å². The number of urea groups is 1. The third-order valence-corrected chi connectivity index (χ3v) is 5.54. The van der Waals surface area contributed by atoms with Gasteiger partial charge in [0, 0.05) is 37.2 Å². The molecule has 0 aliphatic carbocycles. The number of benzene rings is 1. The highest BCUT2D eigenvalue weighted by Crippen LogP contribution is 2.30. The molecule has 0 saturated carbocycles. The number of rotatable bonds is 1. The van der Waals surface area contributed by atoms with Gasteiger partial charge in [-0.15, -0.1) is 0 Å². The van der Waals surface area contributed by atoms with Crippen LogP contribution in [-0.4, -0.2) is 44.8 Å². The molecule has 2 aromatic rings. The SMILES string of the molecule is CC1(C)CN(C(=O)Nc2ccc3c(c2)nc2n3CCCCC2)CC1O. The number of β-amino-alcohol motifs (C(OH)–C–C–N with tert-alkyl or cyclic N) is 1. The van der Waals surface area contributed by atoms with Crippen molar-refractivity contribution in [2.24, 2.45) is 5.41 Å². The number of carbonyl (C=O) groups is 1. The van der Waals surface area contributed by atoms with E-state index in [0.29, 0.717) is 13.1 Å². The van der Waals surface area contributed by atoms with Gasteiger partial charge in [0.2, 0.25) is 0 Å². The molecule has 0 spiro atoms. The fraction of sp³-hybridized carbons (Fsp3) is 0.579. The Morgan fingerprint density at radius 1 is 1.32 bits per heavy atom. The Labute approximate surface area is 147 Å². The summed E-state index contributed by atoms with van der Waals surface area (Å²) >= 11 is 0. The van der Waals surface area contributed by atoms with Crippen molar-refractivity contribution in [3.63, 3.8) is 0 Å². The van der Waals surface area contributed by atoms with Gasteiger partial charge in [-0.2, -0.15) is 0 Å². The Bertz CT molecular complexity index is 811. The molecule has 134 valence electrons. The smallest absolute Gasteiger partial charge is 0.321 e. The number of likely N-dealkylation sites (tertiary alicyclic amines) is 1. The van der Waals surface area contributed by atoms with Gasteiger partial charge in [0.05, 0.1) is 17.1 Å². The highest BCUT2D eigenvalue weighted by atomic mass is 16.3. The molecule has 1 saturated heterocycles. The third kappa shape index (κ3) is 2.99. The lowest BCUT2D eigenvalue weighted by Crippen LogP contribution is -2.34. The lowest BCUT2D eigenvalue weighted by Gasteiger charge is -2.21.